The SMILES string of the molecule is CC(C)CN1C(=O)CC(N2CCN(Cc3ccccc3)CC2)C1=O. The van der Waals surface area contributed by atoms with Crippen LogP contribution in [0.4, 0.5) is 0 Å². The highest BCUT2D eigenvalue weighted by Gasteiger charge is 2.42. The van der Waals surface area contributed by atoms with E-state index in [-0.39, 0.29) is 17.9 Å². The average molecular weight is 329 g/mol. The van der Waals surface area contributed by atoms with Gasteiger partial charge in [0, 0.05) is 39.3 Å². The van der Waals surface area contributed by atoms with Crippen molar-refractivity contribution < 1.29 is 9.59 Å². The number of rotatable bonds is 5. The van der Waals surface area contributed by atoms with Gasteiger partial charge in [0.1, 0.15) is 0 Å². The van der Waals surface area contributed by atoms with Crippen molar-refractivity contribution in [2.24, 2.45) is 5.92 Å². The van der Waals surface area contributed by atoms with Crippen LogP contribution in [-0.4, -0.2) is 65.3 Å². The predicted molar refractivity (Wildman–Crippen MR) is 93.3 cm³/mol. The van der Waals surface area contributed by atoms with E-state index in [2.05, 4.69) is 34.1 Å². The van der Waals surface area contributed by atoms with E-state index < -0.39 is 0 Å². The molecule has 0 aromatic heterocycles. The van der Waals surface area contributed by atoms with E-state index in [1.807, 2.05) is 19.9 Å². The number of benzene rings is 1. The third kappa shape index (κ3) is 3.84. The summed E-state index contributed by atoms with van der Waals surface area (Å²) < 4.78 is 0. The molecule has 24 heavy (non-hydrogen) atoms. The Morgan fingerprint density at radius 2 is 1.71 bits per heavy atom. The van der Waals surface area contributed by atoms with Gasteiger partial charge < -0.3 is 0 Å². The van der Waals surface area contributed by atoms with Gasteiger partial charge in [0.15, 0.2) is 0 Å². The third-order valence-corrected chi connectivity index (χ3v) is 4.86. The monoisotopic (exact) mass is 329 g/mol. The zero-order valence-electron chi connectivity index (χ0n) is 14.6. The molecule has 0 spiro atoms. The summed E-state index contributed by atoms with van der Waals surface area (Å²) in [6.45, 7) is 9.16. The molecule has 0 bridgehead atoms. The van der Waals surface area contributed by atoms with Gasteiger partial charge in [-0.25, -0.2) is 0 Å². The molecular formula is C19H27N3O2. The highest BCUT2D eigenvalue weighted by molar-refractivity contribution is 6.05. The van der Waals surface area contributed by atoms with Crippen molar-refractivity contribution in [1.29, 1.82) is 0 Å². The Morgan fingerprint density at radius 3 is 2.33 bits per heavy atom. The Morgan fingerprint density at radius 1 is 1.04 bits per heavy atom. The summed E-state index contributed by atoms with van der Waals surface area (Å²) in [5.74, 6) is 0.315. The Hall–Kier alpha value is -1.72. The van der Waals surface area contributed by atoms with Gasteiger partial charge in [0.25, 0.3) is 0 Å². The first-order valence-corrected chi connectivity index (χ1v) is 8.89. The van der Waals surface area contributed by atoms with Crippen molar-refractivity contribution in [3.05, 3.63) is 35.9 Å². The maximum absolute atomic E-state index is 12.6. The van der Waals surface area contributed by atoms with Gasteiger partial charge in [-0.15, -0.1) is 0 Å². The summed E-state index contributed by atoms with van der Waals surface area (Å²) in [5.41, 5.74) is 1.32. The number of hydrogen-bond donors (Lipinski definition) is 0. The lowest BCUT2D eigenvalue weighted by molar-refractivity contribution is -0.140. The minimum Gasteiger partial charge on any atom is -0.297 e. The number of nitrogens with zero attached hydrogens (tertiary/aromatic N) is 3. The third-order valence-electron chi connectivity index (χ3n) is 4.86. The lowest BCUT2D eigenvalue weighted by Gasteiger charge is -2.37. The van der Waals surface area contributed by atoms with E-state index in [0.29, 0.717) is 18.9 Å². The highest BCUT2D eigenvalue weighted by Crippen LogP contribution is 2.21. The number of imide groups is 1. The quantitative estimate of drug-likeness (QED) is 0.770. The number of piperazine rings is 1. The largest absolute Gasteiger partial charge is 0.297 e. The second-order valence-corrected chi connectivity index (χ2v) is 7.25. The van der Waals surface area contributed by atoms with E-state index in [0.717, 1.165) is 32.7 Å². The zero-order chi connectivity index (χ0) is 17.1. The second kappa shape index (κ2) is 7.45. The molecule has 0 aliphatic carbocycles. The minimum atomic E-state index is -0.241. The zero-order valence-corrected chi connectivity index (χ0v) is 14.6. The molecule has 0 radical (unpaired) electrons. The first kappa shape index (κ1) is 17.1. The topological polar surface area (TPSA) is 43.9 Å². The van der Waals surface area contributed by atoms with Gasteiger partial charge in [0.2, 0.25) is 11.8 Å². The van der Waals surface area contributed by atoms with E-state index in [1.54, 1.807) is 0 Å². The van der Waals surface area contributed by atoms with E-state index in [1.165, 1.54) is 10.5 Å². The Balaban J connectivity index is 1.53. The van der Waals surface area contributed by atoms with Crippen molar-refractivity contribution >= 4 is 11.8 Å². The number of hydrogen-bond acceptors (Lipinski definition) is 4. The number of likely N-dealkylation sites (tertiary alicyclic amines) is 1. The Labute approximate surface area is 144 Å². The summed E-state index contributed by atoms with van der Waals surface area (Å²) in [7, 11) is 0. The van der Waals surface area contributed by atoms with Gasteiger partial charge in [-0.1, -0.05) is 44.2 Å². The molecule has 2 amide bonds. The molecule has 0 saturated carbocycles. The molecule has 1 aromatic carbocycles. The van der Waals surface area contributed by atoms with Crippen molar-refractivity contribution in [2.45, 2.75) is 32.9 Å². The summed E-state index contributed by atoms with van der Waals surface area (Å²) in [6.07, 6.45) is 0.351. The molecule has 2 saturated heterocycles. The van der Waals surface area contributed by atoms with Crippen LogP contribution in [0.3, 0.4) is 0 Å². The van der Waals surface area contributed by atoms with Crippen LogP contribution in [0.25, 0.3) is 0 Å². The molecule has 130 valence electrons. The Kier molecular flexibility index (Phi) is 5.31. The molecule has 2 fully saturated rings. The first-order chi connectivity index (χ1) is 11.5. The fourth-order valence-corrected chi connectivity index (χ4v) is 3.58. The van der Waals surface area contributed by atoms with Crippen LogP contribution in [0.5, 0.6) is 0 Å². The minimum absolute atomic E-state index is 0.00482. The molecule has 5 nitrogen and oxygen atoms in total. The standard InChI is InChI=1S/C19H27N3O2/c1-15(2)13-22-18(23)12-17(19(22)24)21-10-8-20(9-11-21)14-16-6-4-3-5-7-16/h3-7,15,17H,8-14H2,1-2H3. The second-order valence-electron chi connectivity index (χ2n) is 7.25. The predicted octanol–water partition coefficient (Wildman–Crippen LogP) is 1.59. The highest BCUT2D eigenvalue weighted by atomic mass is 16.2. The van der Waals surface area contributed by atoms with Crippen molar-refractivity contribution in [3.63, 3.8) is 0 Å². The van der Waals surface area contributed by atoms with Crippen LogP contribution in [0.1, 0.15) is 25.8 Å². The summed E-state index contributed by atoms with van der Waals surface area (Å²) >= 11 is 0. The molecule has 1 aromatic rings. The molecule has 3 rings (SSSR count). The lowest BCUT2D eigenvalue weighted by Crippen LogP contribution is -2.52. The maximum atomic E-state index is 12.6. The van der Waals surface area contributed by atoms with Gasteiger partial charge >= 0.3 is 0 Å². The summed E-state index contributed by atoms with van der Waals surface area (Å²) in [6, 6.07) is 10.2. The van der Waals surface area contributed by atoms with Crippen LogP contribution in [-0.2, 0) is 16.1 Å². The van der Waals surface area contributed by atoms with Gasteiger partial charge in [-0.2, -0.15) is 0 Å². The molecule has 5 heteroatoms. The Bertz CT molecular complexity index is 580. The molecule has 1 unspecified atom stereocenters. The van der Waals surface area contributed by atoms with Crippen molar-refractivity contribution in [3.8, 4) is 0 Å². The number of amides is 2. The molecule has 2 heterocycles. The summed E-state index contributed by atoms with van der Waals surface area (Å²) in [4.78, 5) is 30.8. The van der Waals surface area contributed by atoms with Crippen molar-refractivity contribution in [2.75, 3.05) is 32.7 Å². The molecular weight excluding hydrogens is 302 g/mol. The van der Waals surface area contributed by atoms with E-state index in [9.17, 15) is 9.59 Å². The van der Waals surface area contributed by atoms with Crippen LogP contribution in [0, 0.1) is 5.92 Å². The van der Waals surface area contributed by atoms with Gasteiger partial charge in [-0.05, 0) is 11.5 Å². The maximum Gasteiger partial charge on any atom is 0.247 e. The number of carbonyl (C=O) groups is 2. The summed E-state index contributed by atoms with van der Waals surface area (Å²) in [5, 5.41) is 0. The van der Waals surface area contributed by atoms with E-state index >= 15 is 0 Å². The fraction of sp³-hybridized carbons (Fsp3) is 0.579. The normalized spacial score (nSPS) is 23.5. The number of carbonyl (C=O) groups excluding carboxylic acids is 2. The molecule has 1 atom stereocenters. The fourth-order valence-electron chi connectivity index (χ4n) is 3.58. The molecule has 0 N–H and O–H groups in total. The molecule has 2 aliphatic rings. The van der Waals surface area contributed by atoms with Crippen LogP contribution >= 0.6 is 0 Å². The van der Waals surface area contributed by atoms with Gasteiger partial charge in [-0.3, -0.25) is 24.3 Å². The lowest BCUT2D eigenvalue weighted by atomic mass is 10.1. The van der Waals surface area contributed by atoms with Gasteiger partial charge in [0.05, 0.1) is 12.5 Å². The average Bonchev–Trinajstić information content (AvgIpc) is 2.84. The first-order valence-electron chi connectivity index (χ1n) is 8.89. The van der Waals surface area contributed by atoms with Crippen LogP contribution < -0.4 is 0 Å². The molecule has 2 aliphatic heterocycles. The van der Waals surface area contributed by atoms with E-state index in [4.69, 9.17) is 0 Å². The van der Waals surface area contributed by atoms with Crippen LogP contribution in [0.2, 0.25) is 0 Å². The van der Waals surface area contributed by atoms with Crippen molar-refractivity contribution in [1.82, 2.24) is 14.7 Å². The smallest absolute Gasteiger partial charge is 0.247 e. The van der Waals surface area contributed by atoms with Crippen LogP contribution in [0.15, 0.2) is 30.3 Å².